The lowest BCUT2D eigenvalue weighted by Gasteiger charge is -2.05. The fourth-order valence-electron chi connectivity index (χ4n) is 1.64. The molecule has 17 heavy (non-hydrogen) atoms. The Morgan fingerprint density at radius 2 is 1.94 bits per heavy atom. The standard InChI is InChI=1S/C13H17N3O/c1-17-9-12-4-2-11(3-5-12)6-14-7-13-8-15-10-16-13/h2-5,8,10,14H,6-7,9H2,1H3,(H,15,16). The highest BCUT2D eigenvalue weighted by Crippen LogP contribution is 2.05. The molecule has 1 aromatic heterocycles. The smallest absolute Gasteiger partial charge is 0.0922 e. The van der Waals surface area contributed by atoms with Crippen molar-refractivity contribution in [1.29, 1.82) is 0 Å². The Balaban J connectivity index is 1.79. The summed E-state index contributed by atoms with van der Waals surface area (Å²) in [6.45, 7) is 2.33. The first-order valence-electron chi connectivity index (χ1n) is 5.63. The van der Waals surface area contributed by atoms with E-state index in [0.29, 0.717) is 6.61 Å². The molecule has 1 heterocycles. The second-order valence-electron chi connectivity index (χ2n) is 3.93. The van der Waals surface area contributed by atoms with E-state index in [1.165, 1.54) is 11.1 Å². The zero-order chi connectivity index (χ0) is 11.9. The van der Waals surface area contributed by atoms with Crippen LogP contribution in [0.5, 0.6) is 0 Å². The molecule has 0 amide bonds. The molecule has 2 rings (SSSR count). The van der Waals surface area contributed by atoms with Gasteiger partial charge in [-0.2, -0.15) is 0 Å². The highest BCUT2D eigenvalue weighted by molar-refractivity contribution is 5.21. The van der Waals surface area contributed by atoms with Crippen molar-refractivity contribution in [2.24, 2.45) is 0 Å². The summed E-state index contributed by atoms with van der Waals surface area (Å²) < 4.78 is 5.07. The number of hydrogen-bond acceptors (Lipinski definition) is 3. The van der Waals surface area contributed by atoms with E-state index in [0.717, 1.165) is 18.8 Å². The van der Waals surface area contributed by atoms with Crippen LogP contribution in [-0.2, 0) is 24.4 Å². The molecule has 0 aliphatic rings. The van der Waals surface area contributed by atoms with E-state index in [4.69, 9.17) is 4.74 Å². The van der Waals surface area contributed by atoms with Crippen molar-refractivity contribution < 1.29 is 4.74 Å². The van der Waals surface area contributed by atoms with E-state index in [9.17, 15) is 0 Å². The first kappa shape index (κ1) is 11.8. The maximum Gasteiger partial charge on any atom is 0.0922 e. The molecule has 0 aliphatic carbocycles. The van der Waals surface area contributed by atoms with Crippen LogP contribution >= 0.6 is 0 Å². The minimum absolute atomic E-state index is 0.669. The number of aromatic nitrogens is 2. The lowest BCUT2D eigenvalue weighted by atomic mass is 10.1. The average Bonchev–Trinajstić information content (AvgIpc) is 2.85. The van der Waals surface area contributed by atoms with Gasteiger partial charge in [-0.1, -0.05) is 24.3 Å². The number of aromatic amines is 1. The fourth-order valence-corrected chi connectivity index (χ4v) is 1.64. The Kier molecular flexibility index (Phi) is 4.30. The molecule has 2 N–H and O–H groups in total. The van der Waals surface area contributed by atoms with Crippen molar-refractivity contribution in [3.63, 3.8) is 0 Å². The van der Waals surface area contributed by atoms with E-state index < -0.39 is 0 Å². The lowest BCUT2D eigenvalue weighted by molar-refractivity contribution is 0.185. The van der Waals surface area contributed by atoms with Crippen LogP contribution in [-0.4, -0.2) is 17.1 Å². The quantitative estimate of drug-likeness (QED) is 0.797. The van der Waals surface area contributed by atoms with Crippen LogP contribution in [0.2, 0.25) is 0 Å². The van der Waals surface area contributed by atoms with Crippen molar-refractivity contribution in [3.05, 3.63) is 53.6 Å². The molecule has 0 saturated heterocycles. The van der Waals surface area contributed by atoms with Gasteiger partial charge in [-0.3, -0.25) is 0 Å². The largest absolute Gasteiger partial charge is 0.380 e. The average molecular weight is 231 g/mol. The van der Waals surface area contributed by atoms with Gasteiger partial charge >= 0.3 is 0 Å². The van der Waals surface area contributed by atoms with Gasteiger partial charge in [0.15, 0.2) is 0 Å². The SMILES string of the molecule is COCc1ccc(CNCc2cnc[nH]2)cc1. The highest BCUT2D eigenvalue weighted by atomic mass is 16.5. The Morgan fingerprint density at radius 3 is 2.59 bits per heavy atom. The van der Waals surface area contributed by atoms with Crippen molar-refractivity contribution in [2.75, 3.05) is 7.11 Å². The molecule has 0 aliphatic heterocycles. The van der Waals surface area contributed by atoms with Crippen LogP contribution in [0.3, 0.4) is 0 Å². The Morgan fingerprint density at radius 1 is 1.18 bits per heavy atom. The number of nitrogens with one attached hydrogen (secondary N) is 2. The molecule has 90 valence electrons. The normalized spacial score (nSPS) is 10.6. The van der Waals surface area contributed by atoms with Gasteiger partial charge in [-0.15, -0.1) is 0 Å². The number of nitrogens with zero attached hydrogens (tertiary/aromatic N) is 1. The van der Waals surface area contributed by atoms with Gasteiger partial charge < -0.3 is 15.0 Å². The van der Waals surface area contributed by atoms with Crippen molar-refractivity contribution in [1.82, 2.24) is 15.3 Å². The van der Waals surface area contributed by atoms with E-state index in [-0.39, 0.29) is 0 Å². The zero-order valence-electron chi connectivity index (χ0n) is 9.94. The predicted molar refractivity (Wildman–Crippen MR) is 66.3 cm³/mol. The van der Waals surface area contributed by atoms with Crippen molar-refractivity contribution >= 4 is 0 Å². The maximum absolute atomic E-state index is 5.07. The molecular weight excluding hydrogens is 214 g/mol. The van der Waals surface area contributed by atoms with Crippen LogP contribution < -0.4 is 5.32 Å². The lowest BCUT2D eigenvalue weighted by Crippen LogP contribution is -2.12. The first-order chi connectivity index (χ1) is 8.38. The molecule has 0 spiro atoms. The second-order valence-corrected chi connectivity index (χ2v) is 3.93. The van der Waals surface area contributed by atoms with E-state index in [1.807, 2.05) is 6.20 Å². The monoisotopic (exact) mass is 231 g/mol. The second kappa shape index (κ2) is 6.18. The summed E-state index contributed by atoms with van der Waals surface area (Å²) in [5.74, 6) is 0. The van der Waals surface area contributed by atoms with Gasteiger partial charge in [0.1, 0.15) is 0 Å². The van der Waals surface area contributed by atoms with Gasteiger partial charge in [-0.25, -0.2) is 4.98 Å². The zero-order valence-corrected chi connectivity index (χ0v) is 9.94. The minimum Gasteiger partial charge on any atom is -0.380 e. The Hall–Kier alpha value is -1.65. The number of H-pyrrole nitrogens is 1. The van der Waals surface area contributed by atoms with Crippen LogP contribution in [0.1, 0.15) is 16.8 Å². The summed E-state index contributed by atoms with van der Waals surface area (Å²) in [5, 5.41) is 3.35. The minimum atomic E-state index is 0.669. The number of hydrogen-bond donors (Lipinski definition) is 2. The van der Waals surface area contributed by atoms with E-state index in [1.54, 1.807) is 13.4 Å². The van der Waals surface area contributed by atoms with Gasteiger partial charge in [0, 0.05) is 32.1 Å². The van der Waals surface area contributed by atoms with Gasteiger partial charge in [0.25, 0.3) is 0 Å². The van der Waals surface area contributed by atoms with Crippen molar-refractivity contribution in [3.8, 4) is 0 Å². The number of ether oxygens (including phenoxy) is 1. The van der Waals surface area contributed by atoms with Crippen LogP contribution in [0.4, 0.5) is 0 Å². The molecule has 4 heteroatoms. The summed E-state index contributed by atoms with van der Waals surface area (Å²) in [6, 6.07) is 8.43. The Labute approximate surface area is 101 Å². The van der Waals surface area contributed by atoms with E-state index >= 15 is 0 Å². The number of rotatable bonds is 6. The van der Waals surface area contributed by atoms with Crippen LogP contribution in [0, 0.1) is 0 Å². The molecular formula is C13H17N3O. The van der Waals surface area contributed by atoms with Crippen LogP contribution in [0.15, 0.2) is 36.8 Å². The third-order valence-electron chi connectivity index (χ3n) is 2.53. The molecule has 1 aromatic carbocycles. The molecule has 0 saturated carbocycles. The van der Waals surface area contributed by atoms with Crippen molar-refractivity contribution in [2.45, 2.75) is 19.7 Å². The number of benzene rings is 1. The predicted octanol–water partition coefficient (Wildman–Crippen LogP) is 1.85. The number of methoxy groups -OCH3 is 1. The molecule has 0 unspecified atom stereocenters. The summed E-state index contributed by atoms with van der Waals surface area (Å²) in [7, 11) is 1.71. The molecule has 0 fully saturated rings. The van der Waals surface area contributed by atoms with E-state index in [2.05, 4.69) is 39.6 Å². The first-order valence-corrected chi connectivity index (χ1v) is 5.63. The topological polar surface area (TPSA) is 49.9 Å². The molecule has 0 bridgehead atoms. The third-order valence-corrected chi connectivity index (χ3v) is 2.53. The Bertz CT molecular complexity index is 422. The summed E-state index contributed by atoms with van der Waals surface area (Å²) in [6.07, 6.45) is 3.52. The maximum atomic E-state index is 5.07. The summed E-state index contributed by atoms with van der Waals surface area (Å²) in [5.41, 5.74) is 3.56. The number of imidazole rings is 1. The third kappa shape index (κ3) is 3.69. The van der Waals surface area contributed by atoms with Crippen LogP contribution in [0.25, 0.3) is 0 Å². The van der Waals surface area contributed by atoms with Gasteiger partial charge in [-0.05, 0) is 11.1 Å². The molecule has 4 nitrogen and oxygen atoms in total. The summed E-state index contributed by atoms with van der Waals surface area (Å²) >= 11 is 0. The van der Waals surface area contributed by atoms with Gasteiger partial charge in [0.2, 0.25) is 0 Å². The fraction of sp³-hybridized carbons (Fsp3) is 0.308. The molecule has 0 radical (unpaired) electrons. The van der Waals surface area contributed by atoms with Gasteiger partial charge in [0.05, 0.1) is 12.9 Å². The highest BCUT2D eigenvalue weighted by Gasteiger charge is 1.96. The summed E-state index contributed by atoms with van der Waals surface area (Å²) in [4.78, 5) is 7.03. The molecule has 0 atom stereocenters. The molecule has 2 aromatic rings.